The summed E-state index contributed by atoms with van der Waals surface area (Å²) in [5, 5.41) is 12.1. The zero-order valence-electron chi connectivity index (χ0n) is 10.9. The third-order valence-corrected chi connectivity index (χ3v) is 2.20. The second kappa shape index (κ2) is 5.73. The van der Waals surface area contributed by atoms with E-state index in [0.717, 1.165) is 5.56 Å². The van der Waals surface area contributed by atoms with Crippen LogP contribution >= 0.6 is 0 Å². The van der Waals surface area contributed by atoms with Crippen molar-refractivity contribution in [1.29, 1.82) is 0 Å². The molecule has 0 bridgehead atoms. The largest absolute Gasteiger partial charge is 0.508 e. The van der Waals surface area contributed by atoms with E-state index in [1.54, 1.807) is 45.0 Å². The molecule has 0 aromatic heterocycles. The molecule has 5 nitrogen and oxygen atoms in total. The van der Waals surface area contributed by atoms with Crippen LogP contribution in [0.4, 0.5) is 4.79 Å². The molecule has 0 spiro atoms. The Morgan fingerprint density at radius 3 is 2.67 bits per heavy atom. The van der Waals surface area contributed by atoms with E-state index >= 15 is 0 Å². The van der Waals surface area contributed by atoms with Gasteiger partial charge in [0.15, 0.2) is 0 Å². The Labute approximate surface area is 107 Å². The monoisotopic (exact) mass is 252 g/mol. The summed E-state index contributed by atoms with van der Waals surface area (Å²) in [5.74, 6) is 0.136. The van der Waals surface area contributed by atoms with Gasteiger partial charge in [-0.25, -0.2) is 4.79 Å². The van der Waals surface area contributed by atoms with Crippen molar-refractivity contribution in [2.75, 3.05) is 6.54 Å². The molecule has 1 unspecified atom stereocenters. The molecule has 1 atom stereocenters. The van der Waals surface area contributed by atoms with E-state index in [2.05, 4.69) is 5.32 Å². The molecular formula is C13H20N2O3. The van der Waals surface area contributed by atoms with E-state index in [1.807, 2.05) is 0 Å². The molecule has 0 aliphatic heterocycles. The Morgan fingerprint density at radius 2 is 2.17 bits per heavy atom. The lowest BCUT2D eigenvalue weighted by Gasteiger charge is -2.23. The molecule has 1 aromatic carbocycles. The average molecular weight is 252 g/mol. The molecule has 1 rings (SSSR count). The van der Waals surface area contributed by atoms with Gasteiger partial charge in [0.1, 0.15) is 11.4 Å². The number of carbonyl (C=O) groups excluding carboxylic acids is 1. The Kier molecular flexibility index (Phi) is 4.55. The van der Waals surface area contributed by atoms with Crippen LogP contribution in [-0.2, 0) is 4.74 Å². The predicted octanol–water partition coefficient (Wildman–Crippen LogP) is 1.92. The van der Waals surface area contributed by atoms with Crippen LogP contribution in [0.2, 0.25) is 0 Å². The number of hydrogen-bond acceptors (Lipinski definition) is 4. The van der Waals surface area contributed by atoms with E-state index < -0.39 is 11.7 Å². The summed E-state index contributed by atoms with van der Waals surface area (Å²) in [7, 11) is 0. The fourth-order valence-electron chi connectivity index (χ4n) is 1.47. The maximum Gasteiger partial charge on any atom is 0.408 e. The number of alkyl carbamates (subject to hydrolysis) is 1. The van der Waals surface area contributed by atoms with Crippen LogP contribution in [0.25, 0.3) is 0 Å². The minimum Gasteiger partial charge on any atom is -0.508 e. The summed E-state index contributed by atoms with van der Waals surface area (Å²) in [4.78, 5) is 11.6. The molecule has 0 radical (unpaired) electrons. The molecule has 0 saturated carbocycles. The second-order valence-corrected chi connectivity index (χ2v) is 5.03. The van der Waals surface area contributed by atoms with Crippen molar-refractivity contribution in [1.82, 2.24) is 5.32 Å². The van der Waals surface area contributed by atoms with Crippen molar-refractivity contribution in [2.45, 2.75) is 32.4 Å². The SMILES string of the molecule is CC(C)(C)OC(=O)NC(CN)c1cccc(O)c1. The molecule has 5 heteroatoms. The zero-order valence-corrected chi connectivity index (χ0v) is 10.9. The summed E-state index contributed by atoms with van der Waals surface area (Å²) in [5.41, 5.74) is 5.80. The Hall–Kier alpha value is -1.75. The summed E-state index contributed by atoms with van der Waals surface area (Å²) >= 11 is 0. The Morgan fingerprint density at radius 1 is 1.50 bits per heavy atom. The fraction of sp³-hybridized carbons (Fsp3) is 0.462. The van der Waals surface area contributed by atoms with Gasteiger partial charge in [-0.1, -0.05) is 12.1 Å². The highest BCUT2D eigenvalue weighted by Crippen LogP contribution is 2.18. The maximum atomic E-state index is 11.6. The number of nitrogens with one attached hydrogen (secondary N) is 1. The van der Waals surface area contributed by atoms with Gasteiger partial charge in [0.25, 0.3) is 0 Å². The van der Waals surface area contributed by atoms with Crippen molar-refractivity contribution in [2.24, 2.45) is 5.73 Å². The molecule has 0 fully saturated rings. The molecule has 0 heterocycles. The van der Waals surface area contributed by atoms with Crippen LogP contribution in [0, 0.1) is 0 Å². The lowest BCUT2D eigenvalue weighted by atomic mass is 10.1. The smallest absolute Gasteiger partial charge is 0.408 e. The highest BCUT2D eigenvalue weighted by molar-refractivity contribution is 5.68. The van der Waals surface area contributed by atoms with Gasteiger partial charge in [-0.15, -0.1) is 0 Å². The number of carbonyl (C=O) groups is 1. The number of phenolic OH excluding ortho intramolecular Hbond substituents is 1. The second-order valence-electron chi connectivity index (χ2n) is 5.03. The van der Waals surface area contributed by atoms with E-state index in [9.17, 15) is 9.90 Å². The first kappa shape index (κ1) is 14.3. The number of amides is 1. The van der Waals surface area contributed by atoms with Crippen LogP contribution in [0.3, 0.4) is 0 Å². The quantitative estimate of drug-likeness (QED) is 0.767. The lowest BCUT2D eigenvalue weighted by Crippen LogP contribution is -2.37. The lowest BCUT2D eigenvalue weighted by molar-refractivity contribution is 0.0505. The van der Waals surface area contributed by atoms with Gasteiger partial charge in [0, 0.05) is 6.54 Å². The third kappa shape index (κ3) is 4.63. The first-order chi connectivity index (χ1) is 8.31. The summed E-state index contributed by atoms with van der Waals surface area (Å²) in [6.45, 7) is 5.60. The van der Waals surface area contributed by atoms with Gasteiger partial charge in [-0.3, -0.25) is 0 Å². The van der Waals surface area contributed by atoms with Gasteiger partial charge in [-0.2, -0.15) is 0 Å². The fourth-order valence-corrected chi connectivity index (χ4v) is 1.47. The normalized spacial score (nSPS) is 12.9. The van der Waals surface area contributed by atoms with Gasteiger partial charge in [0.05, 0.1) is 6.04 Å². The van der Waals surface area contributed by atoms with Gasteiger partial charge < -0.3 is 20.9 Å². The number of rotatable bonds is 3. The molecular weight excluding hydrogens is 232 g/mol. The van der Waals surface area contributed by atoms with Crippen LogP contribution < -0.4 is 11.1 Å². The number of hydrogen-bond donors (Lipinski definition) is 3. The van der Waals surface area contributed by atoms with E-state index in [4.69, 9.17) is 10.5 Å². The van der Waals surface area contributed by atoms with Crippen molar-refractivity contribution < 1.29 is 14.6 Å². The first-order valence-electron chi connectivity index (χ1n) is 5.80. The minimum atomic E-state index is -0.554. The average Bonchev–Trinajstić information content (AvgIpc) is 2.23. The molecule has 0 saturated heterocycles. The van der Waals surface area contributed by atoms with Crippen LogP contribution in [0.5, 0.6) is 5.75 Å². The summed E-state index contributed by atoms with van der Waals surface area (Å²) < 4.78 is 5.15. The minimum absolute atomic E-state index is 0.136. The van der Waals surface area contributed by atoms with E-state index in [0.29, 0.717) is 0 Å². The maximum absolute atomic E-state index is 11.6. The molecule has 0 aliphatic carbocycles. The Bertz CT molecular complexity index is 413. The predicted molar refractivity (Wildman–Crippen MR) is 69.3 cm³/mol. The van der Waals surface area contributed by atoms with Gasteiger partial charge in [-0.05, 0) is 38.5 Å². The summed E-state index contributed by atoms with van der Waals surface area (Å²) in [6.07, 6.45) is -0.527. The van der Waals surface area contributed by atoms with Gasteiger partial charge >= 0.3 is 6.09 Å². The molecule has 1 aromatic rings. The third-order valence-electron chi connectivity index (χ3n) is 2.20. The number of benzene rings is 1. The van der Waals surface area contributed by atoms with Crippen LogP contribution in [0.15, 0.2) is 24.3 Å². The topological polar surface area (TPSA) is 84.6 Å². The summed E-state index contributed by atoms with van der Waals surface area (Å²) in [6, 6.07) is 6.23. The zero-order chi connectivity index (χ0) is 13.8. The number of phenols is 1. The number of aromatic hydroxyl groups is 1. The molecule has 1 amide bonds. The van der Waals surface area contributed by atoms with E-state index in [-0.39, 0.29) is 18.3 Å². The Balaban J connectivity index is 2.71. The standard InChI is InChI=1S/C13H20N2O3/c1-13(2,3)18-12(17)15-11(8-14)9-5-4-6-10(16)7-9/h4-7,11,16H,8,14H2,1-3H3,(H,15,17). The molecule has 100 valence electrons. The molecule has 4 N–H and O–H groups in total. The highest BCUT2D eigenvalue weighted by atomic mass is 16.6. The first-order valence-corrected chi connectivity index (χ1v) is 5.80. The van der Waals surface area contributed by atoms with Gasteiger partial charge in [0.2, 0.25) is 0 Å². The number of ether oxygens (including phenoxy) is 1. The van der Waals surface area contributed by atoms with Crippen molar-refractivity contribution in [3.05, 3.63) is 29.8 Å². The number of nitrogens with two attached hydrogens (primary N) is 1. The highest BCUT2D eigenvalue weighted by Gasteiger charge is 2.19. The van der Waals surface area contributed by atoms with E-state index in [1.165, 1.54) is 0 Å². The molecule has 18 heavy (non-hydrogen) atoms. The van der Waals surface area contributed by atoms with Crippen molar-refractivity contribution in [3.8, 4) is 5.75 Å². The van der Waals surface area contributed by atoms with Crippen molar-refractivity contribution in [3.63, 3.8) is 0 Å². The van der Waals surface area contributed by atoms with Crippen LogP contribution in [0.1, 0.15) is 32.4 Å². The van der Waals surface area contributed by atoms with Crippen LogP contribution in [-0.4, -0.2) is 23.3 Å². The molecule has 0 aliphatic rings. The van der Waals surface area contributed by atoms with Crippen molar-refractivity contribution >= 4 is 6.09 Å².